The fourth-order valence-electron chi connectivity index (χ4n) is 6.95. The third-order valence-electron chi connectivity index (χ3n) is 7.99. The number of fused-ring (bicyclic) bond motifs is 3. The molecular formula is C24H32N2O3. The van der Waals surface area contributed by atoms with E-state index < -0.39 is 0 Å². The minimum atomic E-state index is -0.0491. The molecule has 5 atom stereocenters. The summed E-state index contributed by atoms with van der Waals surface area (Å²) < 4.78 is 0. The molecule has 29 heavy (non-hydrogen) atoms. The van der Waals surface area contributed by atoms with E-state index in [4.69, 9.17) is 5.11 Å². The number of nitrogens with zero attached hydrogens (tertiary/aromatic N) is 1. The molecule has 5 unspecified atom stereocenters. The summed E-state index contributed by atoms with van der Waals surface area (Å²) in [5, 5.41) is 12.3. The quantitative estimate of drug-likeness (QED) is 0.801. The number of aliphatic hydroxyl groups is 1. The van der Waals surface area contributed by atoms with E-state index in [1.807, 2.05) is 18.2 Å². The number of β-amino-alcohol motifs (C(OH)–C–C–N with tert-alkyl or cyclic N) is 1. The summed E-state index contributed by atoms with van der Waals surface area (Å²) in [6, 6.07) is 5.59. The van der Waals surface area contributed by atoms with Crippen molar-refractivity contribution < 1.29 is 14.7 Å². The van der Waals surface area contributed by atoms with Crippen LogP contribution in [0.3, 0.4) is 0 Å². The maximum absolute atomic E-state index is 12.9. The molecule has 3 bridgehead atoms. The minimum Gasteiger partial charge on any atom is -0.395 e. The van der Waals surface area contributed by atoms with Gasteiger partial charge in [-0.05, 0) is 92.2 Å². The van der Waals surface area contributed by atoms with Crippen molar-refractivity contribution in [1.82, 2.24) is 4.90 Å². The van der Waals surface area contributed by atoms with Gasteiger partial charge in [0.15, 0.2) is 0 Å². The van der Waals surface area contributed by atoms with E-state index in [0.29, 0.717) is 37.4 Å². The Kier molecular flexibility index (Phi) is 5.10. The summed E-state index contributed by atoms with van der Waals surface area (Å²) in [6.45, 7) is 0.928. The SMILES string of the molecule is O=C(CC1CC2CC3CC(C1)C(C2)C3)Nc1cccc2c1CCN(CCO)C2=O. The summed E-state index contributed by atoms with van der Waals surface area (Å²) in [4.78, 5) is 27.2. The van der Waals surface area contributed by atoms with Crippen molar-refractivity contribution in [3.63, 3.8) is 0 Å². The number of hydrogen-bond acceptors (Lipinski definition) is 3. The van der Waals surface area contributed by atoms with Gasteiger partial charge >= 0.3 is 0 Å². The second kappa shape index (κ2) is 7.75. The van der Waals surface area contributed by atoms with Crippen LogP contribution in [-0.2, 0) is 11.2 Å². The Morgan fingerprint density at radius 3 is 2.62 bits per heavy atom. The Balaban J connectivity index is 1.25. The molecule has 0 aromatic heterocycles. The monoisotopic (exact) mass is 396 g/mol. The van der Waals surface area contributed by atoms with Crippen LogP contribution in [0, 0.1) is 29.6 Å². The molecule has 0 radical (unpaired) electrons. The number of benzene rings is 1. The molecule has 4 aliphatic rings. The van der Waals surface area contributed by atoms with E-state index in [1.54, 1.807) is 4.90 Å². The molecule has 1 aromatic carbocycles. The number of anilines is 1. The van der Waals surface area contributed by atoms with E-state index in [-0.39, 0.29) is 18.4 Å². The molecular weight excluding hydrogens is 364 g/mol. The van der Waals surface area contributed by atoms with Crippen LogP contribution in [0.2, 0.25) is 0 Å². The van der Waals surface area contributed by atoms with E-state index in [9.17, 15) is 9.59 Å². The highest BCUT2D eigenvalue weighted by molar-refractivity contribution is 6.00. The Hall–Kier alpha value is -1.88. The molecule has 5 heteroatoms. The first-order valence-corrected chi connectivity index (χ1v) is 11.4. The smallest absolute Gasteiger partial charge is 0.254 e. The predicted octanol–water partition coefficient (Wildman–Crippen LogP) is 3.47. The van der Waals surface area contributed by atoms with Crippen molar-refractivity contribution in [3.8, 4) is 0 Å². The number of amides is 2. The van der Waals surface area contributed by atoms with Crippen molar-refractivity contribution >= 4 is 17.5 Å². The molecule has 5 rings (SSSR count). The molecule has 3 aliphatic carbocycles. The zero-order valence-electron chi connectivity index (χ0n) is 17.1. The summed E-state index contributed by atoms with van der Waals surface area (Å²) in [5.41, 5.74) is 2.39. The number of aliphatic hydroxyl groups excluding tert-OH is 1. The molecule has 2 amide bonds. The number of carbonyl (C=O) groups is 2. The van der Waals surface area contributed by atoms with Crippen molar-refractivity contribution in [1.29, 1.82) is 0 Å². The Morgan fingerprint density at radius 2 is 1.83 bits per heavy atom. The van der Waals surface area contributed by atoms with Gasteiger partial charge in [0.25, 0.3) is 5.91 Å². The second-order valence-electron chi connectivity index (χ2n) is 9.88. The third-order valence-corrected chi connectivity index (χ3v) is 7.99. The fraction of sp³-hybridized carbons (Fsp3) is 0.667. The topological polar surface area (TPSA) is 69.6 Å². The first-order chi connectivity index (χ1) is 14.1. The zero-order valence-corrected chi connectivity index (χ0v) is 17.1. The van der Waals surface area contributed by atoms with Crippen molar-refractivity contribution in [3.05, 3.63) is 29.3 Å². The van der Waals surface area contributed by atoms with E-state index in [1.165, 1.54) is 38.5 Å². The molecule has 1 heterocycles. The molecule has 5 nitrogen and oxygen atoms in total. The van der Waals surface area contributed by atoms with Crippen molar-refractivity contribution in [2.24, 2.45) is 29.6 Å². The highest BCUT2D eigenvalue weighted by Gasteiger charge is 2.44. The lowest BCUT2D eigenvalue weighted by molar-refractivity contribution is -0.117. The molecule has 2 N–H and O–H groups in total. The van der Waals surface area contributed by atoms with Gasteiger partial charge in [0.2, 0.25) is 5.91 Å². The predicted molar refractivity (Wildman–Crippen MR) is 112 cm³/mol. The lowest BCUT2D eigenvalue weighted by atomic mass is 9.78. The molecule has 0 spiro atoms. The molecule has 3 fully saturated rings. The highest BCUT2D eigenvalue weighted by Crippen LogP contribution is 2.55. The van der Waals surface area contributed by atoms with Gasteiger partial charge in [0, 0.05) is 30.8 Å². The molecule has 0 saturated heterocycles. The summed E-state index contributed by atoms with van der Waals surface area (Å²) >= 11 is 0. The first-order valence-electron chi connectivity index (χ1n) is 11.4. The number of nitrogens with one attached hydrogen (secondary N) is 1. The lowest BCUT2D eigenvalue weighted by Crippen LogP contribution is -2.39. The number of hydrogen-bond donors (Lipinski definition) is 2. The third kappa shape index (κ3) is 3.70. The molecule has 1 aliphatic heterocycles. The average Bonchev–Trinajstić information content (AvgIpc) is 2.90. The van der Waals surface area contributed by atoms with E-state index in [0.717, 1.165) is 34.9 Å². The van der Waals surface area contributed by atoms with Gasteiger partial charge in [-0.3, -0.25) is 9.59 Å². The summed E-state index contributed by atoms with van der Waals surface area (Å²) in [7, 11) is 0. The van der Waals surface area contributed by atoms with Crippen molar-refractivity contribution in [2.75, 3.05) is 25.0 Å². The molecule has 1 aromatic rings. The summed E-state index contributed by atoms with van der Waals surface area (Å²) in [5.74, 6) is 4.15. The van der Waals surface area contributed by atoms with Gasteiger partial charge in [0.05, 0.1) is 6.61 Å². The maximum Gasteiger partial charge on any atom is 0.254 e. The van der Waals surface area contributed by atoms with Crippen LogP contribution in [0.25, 0.3) is 0 Å². The number of carbonyl (C=O) groups excluding carboxylic acids is 2. The Labute approximate surface area is 172 Å². The molecule has 3 saturated carbocycles. The second-order valence-corrected chi connectivity index (χ2v) is 9.88. The zero-order chi connectivity index (χ0) is 20.0. The van der Waals surface area contributed by atoms with Crippen LogP contribution in [-0.4, -0.2) is 41.5 Å². The Bertz CT molecular complexity index is 805. The first kappa shape index (κ1) is 19.1. The molecule has 156 valence electrons. The van der Waals surface area contributed by atoms with Gasteiger partial charge in [-0.1, -0.05) is 6.07 Å². The van der Waals surface area contributed by atoms with Gasteiger partial charge in [-0.25, -0.2) is 0 Å². The number of rotatable bonds is 5. The van der Waals surface area contributed by atoms with Gasteiger partial charge in [-0.2, -0.15) is 0 Å². The highest BCUT2D eigenvalue weighted by atomic mass is 16.3. The van der Waals surface area contributed by atoms with Crippen LogP contribution in [0.1, 0.15) is 60.9 Å². The van der Waals surface area contributed by atoms with Gasteiger partial charge in [-0.15, -0.1) is 0 Å². The fourth-order valence-corrected chi connectivity index (χ4v) is 6.95. The summed E-state index contributed by atoms with van der Waals surface area (Å²) in [6.07, 6.45) is 9.41. The standard InChI is InChI=1S/C24H32N2O3/c27-7-6-26-5-4-20-21(24(26)29)2-1-3-22(20)25-23(28)14-17-9-15-8-16-11-18(10-15)19(12-16)13-17/h1-3,15-19,27H,4-14H2,(H,25,28). The van der Waals surface area contributed by atoms with Crippen molar-refractivity contribution in [2.45, 2.75) is 51.4 Å². The normalized spacial score (nSPS) is 32.8. The van der Waals surface area contributed by atoms with E-state index in [2.05, 4.69) is 5.32 Å². The average molecular weight is 397 g/mol. The van der Waals surface area contributed by atoms with Crippen LogP contribution < -0.4 is 5.32 Å². The van der Waals surface area contributed by atoms with Gasteiger partial charge < -0.3 is 15.3 Å². The lowest BCUT2D eigenvalue weighted by Gasteiger charge is -2.30. The maximum atomic E-state index is 12.9. The van der Waals surface area contributed by atoms with Crippen LogP contribution >= 0.6 is 0 Å². The van der Waals surface area contributed by atoms with Crippen LogP contribution in [0.4, 0.5) is 5.69 Å². The Morgan fingerprint density at radius 1 is 1.07 bits per heavy atom. The van der Waals surface area contributed by atoms with Gasteiger partial charge in [0.1, 0.15) is 0 Å². The largest absolute Gasteiger partial charge is 0.395 e. The van der Waals surface area contributed by atoms with E-state index >= 15 is 0 Å². The minimum absolute atomic E-state index is 0.0253. The van der Waals surface area contributed by atoms with Crippen LogP contribution in [0.15, 0.2) is 18.2 Å². The van der Waals surface area contributed by atoms with Crippen LogP contribution in [0.5, 0.6) is 0 Å².